The molecule has 15 rings (SSSR count). The Kier molecular flexibility index (Phi) is 13.4. The van der Waals surface area contributed by atoms with E-state index in [2.05, 4.69) is 333 Å². The normalized spacial score (nSPS) is 17.4. The lowest BCUT2D eigenvalue weighted by molar-refractivity contribution is 0.332. The van der Waals surface area contributed by atoms with Crippen LogP contribution in [0.3, 0.4) is 0 Å². The van der Waals surface area contributed by atoms with Crippen LogP contribution in [-0.4, -0.2) is 6.71 Å². The second-order valence-corrected chi connectivity index (χ2v) is 33.2. The average molecular weight is 1200 g/mol. The molecule has 0 bridgehead atoms. The van der Waals surface area contributed by atoms with Crippen LogP contribution < -0.4 is 31.1 Å². The van der Waals surface area contributed by atoms with E-state index in [0.717, 1.165) is 42.7 Å². The highest BCUT2D eigenvalue weighted by atomic mass is 15.2. The highest BCUT2D eigenvalue weighted by Crippen LogP contribution is 2.56. The fraction of sp³-hybridized carbons (Fsp3) is 0.318. The van der Waals surface area contributed by atoms with Gasteiger partial charge in [0.1, 0.15) is 0 Å². The molecule has 5 aliphatic rings. The van der Waals surface area contributed by atoms with Gasteiger partial charge in [0, 0.05) is 50.9 Å². The number of hydrogen-bond donors (Lipinski definition) is 0. The van der Waals surface area contributed by atoms with Gasteiger partial charge in [0.2, 0.25) is 0 Å². The smallest absolute Gasteiger partial charge is 0.252 e. The molecular formula is C88H92BN3. The molecule has 3 aliphatic carbocycles. The molecule has 4 heteroatoms. The second kappa shape index (κ2) is 20.6. The molecule has 3 nitrogen and oxygen atoms in total. The molecule has 0 unspecified atom stereocenters. The van der Waals surface area contributed by atoms with Crippen LogP contribution in [0.25, 0.3) is 33.4 Å². The first-order valence-corrected chi connectivity index (χ1v) is 34.2. The van der Waals surface area contributed by atoms with Crippen LogP contribution in [0.1, 0.15) is 187 Å². The van der Waals surface area contributed by atoms with Gasteiger partial charge in [0.05, 0.1) is 5.69 Å². The van der Waals surface area contributed by atoms with Gasteiger partial charge in [-0.05, 0) is 238 Å². The molecule has 0 amide bonds. The summed E-state index contributed by atoms with van der Waals surface area (Å²) in [7, 11) is 0. The van der Waals surface area contributed by atoms with Crippen molar-refractivity contribution in [2.24, 2.45) is 0 Å². The van der Waals surface area contributed by atoms with Crippen LogP contribution in [0.5, 0.6) is 0 Å². The van der Waals surface area contributed by atoms with Gasteiger partial charge in [0.25, 0.3) is 6.71 Å². The van der Waals surface area contributed by atoms with Crippen molar-refractivity contribution in [1.29, 1.82) is 0 Å². The SMILES string of the molecule is Cc1cc(-c2ccccc2)ccc1N1c2ccc(-c3cccc4c3C(C)(C)c3ccccc3-4)cc2B2c3cc4c(cc3N(c3ccc5c(c3)C(C)(C)CCC5(C)C)c3cc(N(c5ccc(C(C)(C)C)cc5)c5ccc(C(C)(C)C)cc5)cc1c32)C(C)(C)CCC4(C)C. The van der Waals surface area contributed by atoms with E-state index in [0.29, 0.717) is 0 Å². The topological polar surface area (TPSA) is 9.72 Å². The van der Waals surface area contributed by atoms with Crippen LogP contribution in [0.15, 0.2) is 200 Å². The van der Waals surface area contributed by atoms with Gasteiger partial charge < -0.3 is 14.7 Å². The van der Waals surface area contributed by atoms with E-state index in [1.54, 1.807) is 0 Å². The predicted molar refractivity (Wildman–Crippen MR) is 396 cm³/mol. The molecule has 2 heterocycles. The molecule has 0 saturated carbocycles. The zero-order valence-corrected chi connectivity index (χ0v) is 57.8. The molecule has 0 radical (unpaired) electrons. The van der Waals surface area contributed by atoms with E-state index in [1.165, 1.54) is 134 Å². The maximum absolute atomic E-state index is 2.75. The Balaban J connectivity index is 1.08. The van der Waals surface area contributed by atoms with Crippen molar-refractivity contribution >= 4 is 74.3 Å². The average Bonchev–Trinajstić information content (AvgIpc) is 0.729. The summed E-state index contributed by atoms with van der Waals surface area (Å²) in [6.45, 7) is 40.9. The summed E-state index contributed by atoms with van der Waals surface area (Å²) < 4.78 is 0. The fourth-order valence-corrected chi connectivity index (χ4v) is 17.1. The van der Waals surface area contributed by atoms with Gasteiger partial charge in [-0.25, -0.2) is 0 Å². The number of aryl methyl sites for hydroxylation is 1. The zero-order valence-electron chi connectivity index (χ0n) is 57.8. The zero-order chi connectivity index (χ0) is 64.6. The van der Waals surface area contributed by atoms with Crippen molar-refractivity contribution in [2.75, 3.05) is 14.7 Å². The molecule has 10 aromatic carbocycles. The Morgan fingerprint density at radius 1 is 0.359 bits per heavy atom. The molecule has 2 aliphatic heterocycles. The molecule has 0 fully saturated rings. The van der Waals surface area contributed by atoms with E-state index in [9.17, 15) is 0 Å². The summed E-state index contributed by atoms with van der Waals surface area (Å²) in [6, 6.07) is 78.9. The molecule has 10 aromatic rings. The van der Waals surface area contributed by atoms with E-state index in [4.69, 9.17) is 0 Å². The van der Waals surface area contributed by atoms with E-state index in [-0.39, 0.29) is 44.6 Å². The highest BCUT2D eigenvalue weighted by molar-refractivity contribution is 7.00. The van der Waals surface area contributed by atoms with Gasteiger partial charge in [-0.1, -0.05) is 238 Å². The number of nitrogens with zero attached hydrogens (tertiary/aromatic N) is 3. The van der Waals surface area contributed by atoms with Crippen molar-refractivity contribution in [3.8, 4) is 33.4 Å². The predicted octanol–water partition coefficient (Wildman–Crippen LogP) is 22.5. The number of benzene rings is 10. The summed E-state index contributed by atoms with van der Waals surface area (Å²) in [4.78, 5) is 7.97. The summed E-state index contributed by atoms with van der Waals surface area (Å²) >= 11 is 0. The fourth-order valence-electron chi connectivity index (χ4n) is 17.1. The molecule has 0 atom stereocenters. The number of fused-ring (bicyclic) bond motifs is 9. The molecule has 0 aromatic heterocycles. The third-order valence-corrected chi connectivity index (χ3v) is 22.8. The van der Waals surface area contributed by atoms with Crippen molar-refractivity contribution in [1.82, 2.24) is 0 Å². The van der Waals surface area contributed by atoms with Crippen LogP contribution in [0.4, 0.5) is 51.2 Å². The molecular weight excluding hydrogens is 1110 g/mol. The lowest BCUT2D eigenvalue weighted by atomic mass is 9.33. The Morgan fingerprint density at radius 3 is 1.48 bits per heavy atom. The van der Waals surface area contributed by atoms with Gasteiger partial charge >= 0.3 is 0 Å². The third kappa shape index (κ3) is 9.41. The molecule has 0 N–H and O–H groups in total. The maximum Gasteiger partial charge on any atom is 0.252 e. The highest BCUT2D eigenvalue weighted by Gasteiger charge is 2.49. The van der Waals surface area contributed by atoms with Gasteiger partial charge in [-0.15, -0.1) is 0 Å². The molecule has 0 spiro atoms. The summed E-state index contributed by atoms with van der Waals surface area (Å²) in [5.74, 6) is 0. The Bertz CT molecular complexity index is 4580. The molecule has 92 heavy (non-hydrogen) atoms. The maximum atomic E-state index is 2.75. The first-order chi connectivity index (χ1) is 43.5. The van der Waals surface area contributed by atoms with Crippen LogP contribution >= 0.6 is 0 Å². The Labute approximate surface area is 550 Å². The Morgan fingerprint density at radius 2 is 0.870 bits per heavy atom. The number of anilines is 9. The number of rotatable bonds is 7. The molecule has 462 valence electrons. The van der Waals surface area contributed by atoms with E-state index < -0.39 is 0 Å². The van der Waals surface area contributed by atoms with Crippen LogP contribution in [-0.2, 0) is 37.9 Å². The summed E-state index contributed by atoms with van der Waals surface area (Å²) in [5.41, 5.74) is 34.7. The lowest BCUT2D eigenvalue weighted by Crippen LogP contribution is -2.62. The third-order valence-electron chi connectivity index (χ3n) is 22.8. The van der Waals surface area contributed by atoms with Gasteiger partial charge in [-0.3, -0.25) is 0 Å². The first kappa shape index (κ1) is 59.9. The Hall–Kier alpha value is -8.34. The number of hydrogen-bond acceptors (Lipinski definition) is 3. The van der Waals surface area contributed by atoms with Crippen molar-refractivity contribution in [3.05, 3.63) is 250 Å². The van der Waals surface area contributed by atoms with Crippen molar-refractivity contribution < 1.29 is 0 Å². The molecule has 0 saturated heterocycles. The summed E-state index contributed by atoms with van der Waals surface area (Å²) in [5, 5.41) is 0. The van der Waals surface area contributed by atoms with Gasteiger partial charge in [-0.2, -0.15) is 0 Å². The largest absolute Gasteiger partial charge is 0.311 e. The lowest BCUT2D eigenvalue weighted by Gasteiger charge is -2.48. The minimum atomic E-state index is -0.196. The quantitative estimate of drug-likeness (QED) is 0.147. The standard InChI is InChI=1S/C88H92BN3/c1-55-48-57(56-24-19-18-20-25-56)30-42-75(55)92-76-43-31-58(65-27-23-28-67-66-26-21-22-29-68(66)88(16,17)80(65)67)49-73(76)89-74-53-71-72(87(14,15)47-46-86(71,12)13)54-77(74)91(63-40-41-69-70(50-63)85(10,11)45-44-84(69,8)9)78-51-64(52-79(92)81(78)89)90(61-36-32-59(33-37-61)82(2,3)4)62-38-34-60(35-39-62)83(5,6)7/h18-43,48-54H,44-47H2,1-17H3. The summed E-state index contributed by atoms with van der Waals surface area (Å²) in [6.07, 6.45) is 4.56. The second-order valence-electron chi connectivity index (χ2n) is 33.2. The van der Waals surface area contributed by atoms with Crippen molar-refractivity contribution in [2.45, 2.75) is 181 Å². The minimum Gasteiger partial charge on any atom is -0.311 e. The monoisotopic (exact) mass is 1200 g/mol. The van der Waals surface area contributed by atoms with Crippen LogP contribution in [0.2, 0.25) is 0 Å². The van der Waals surface area contributed by atoms with E-state index in [1.807, 2.05) is 0 Å². The van der Waals surface area contributed by atoms with Crippen LogP contribution in [0, 0.1) is 6.92 Å². The van der Waals surface area contributed by atoms with E-state index >= 15 is 0 Å². The van der Waals surface area contributed by atoms with Crippen molar-refractivity contribution in [3.63, 3.8) is 0 Å². The van der Waals surface area contributed by atoms with Gasteiger partial charge in [0.15, 0.2) is 0 Å². The first-order valence-electron chi connectivity index (χ1n) is 34.2. The minimum absolute atomic E-state index is 0.0104.